The van der Waals surface area contributed by atoms with Crippen LogP contribution in [0.3, 0.4) is 0 Å². The third-order valence-electron chi connectivity index (χ3n) is 4.85. The fraction of sp³-hybridized carbons (Fsp3) is 0.435. The number of aliphatic imine (C=N–C) groups is 1. The molecule has 0 aliphatic heterocycles. The Hall–Kier alpha value is -2.20. The summed E-state index contributed by atoms with van der Waals surface area (Å²) in [4.78, 5) is 6.72. The number of ether oxygens (including phenoxy) is 3. The van der Waals surface area contributed by atoms with Crippen molar-refractivity contribution in [3.63, 3.8) is 0 Å². The number of benzene rings is 2. The first-order valence-corrected chi connectivity index (χ1v) is 10.3. The number of hydrogen-bond acceptors (Lipinski definition) is 5. The van der Waals surface area contributed by atoms with E-state index < -0.39 is 0 Å². The van der Waals surface area contributed by atoms with Crippen molar-refractivity contribution in [1.29, 1.82) is 0 Å². The molecule has 0 amide bonds. The molecule has 0 fully saturated rings. The molecule has 8 heteroatoms. The highest BCUT2D eigenvalue weighted by atomic mass is 127. The van der Waals surface area contributed by atoms with Crippen LogP contribution >= 0.6 is 24.0 Å². The van der Waals surface area contributed by atoms with Gasteiger partial charge in [0.1, 0.15) is 12.4 Å². The molecule has 31 heavy (non-hydrogen) atoms. The number of hydrogen-bond donors (Lipinski definition) is 2. The van der Waals surface area contributed by atoms with Gasteiger partial charge in [-0.25, -0.2) is 4.99 Å². The van der Waals surface area contributed by atoms with Crippen LogP contribution in [0.2, 0.25) is 0 Å². The van der Waals surface area contributed by atoms with Gasteiger partial charge in [-0.3, -0.25) is 0 Å². The molecule has 172 valence electrons. The van der Waals surface area contributed by atoms with E-state index in [1.54, 1.807) is 14.2 Å². The molecular formula is C23H35IN4O3. The molecule has 2 aromatic rings. The summed E-state index contributed by atoms with van der Waals surface area (Å²) in [5.41, 5.74) is 8.10. The van der Waals surface area contributed by atoms with Crippen LogP contribution in [-0.4, -0.2) is 51.3 Å². The van der Waals surface area contributed by atoms with Crippen LogP contribution in [0.15, 0.2) is 47.5 Å². The van der Waals surface area contributed by atoms with E-state index >= 15 is 0 Å². The molecule has 0 saturated carbocycles. The number of likely N-dealkylation sites (N-methyl/N-ethyl adjacent to an activating group) is 1. The minimum Gasteiger partial charge on any atom is -0.493 e. The van der Waals surface area contributed by atoms with Crippen molar-refractivity contribution in [3.8, 4) is 17.2 Å². The predicted molar refractivity (Wildman–Crippen MR) is 137 cm³/mol. The monoisotopic (exact) mass is 542 g/mol. The molecule has 3 N–H and O–H groups in total. The molecule has 0 bridgehead atoms. The number of guanidine groups is 1. The smallest absolute Gasteiger partial charge is 0.189 e. The maximum atomic E-state index is 6.00. The fourth-order valence-electron chi connectivity index (χ4n) is 2.94. The summed E-state index contributed by atoms with van der Waals surface area (Å²) in [5.74, 6) is 2.64. The van der Waals surface area contributed by atoms with Crippen LogP contribution < -0.4 is 25.3 Å². The Bertz CT molecular complexity index is 796. The first kappa shape index (κ1) is 26.8. The van der Waals surface area contributed by atoms with Crippen LogP contribution in [-0.2, 0) is 13.1 Å². The Kier molecular flexibility index (Phi) is 12.8. The minimum absolute atomic E-state index is 0. The van der Waals surface area contributed by atoms with Crippen LogP contribution in [0.4, 0.5) is 0 Å². The SMILES string of the molecule is CCN(CC)CCOc1ccc(CNC(N)=NCc2ccc(OC)c(OC)c2)cc1.I. The summed E-state index contributed by atoms with van der Waals surface area (Å²) in [6, 6.07) is 13.7. The van der Waals surface area contributed by atoms with Crippen molar-refractivity contribution in [2.24, 2.45) is 10.7 Å². The van der Waals surface area contributed by atoms with Crippen LogP contribution in [0, 0.1) is 0 Å². The van der Waals surface area contributed by atoms with Crippen LogP contribution in [0.5, 0.6) is 17.2 Å². The van der Waals surface area contributed by atoms with E-state index in [0.29, 0.717) is 37.2 Å². The second-order valence-corrected chi connectivity index (χ2v) is 6.76. The summed E-state index contributed by atoms with van der Waals surface area (Å²) in [5, 5.41) is 3.14. The Morgan fingerprint density at radius 1 is 0.968 bits per heavy atom. The van der Waals surface area contributed by atoms with E-state index in [4.69, 9.17) is 19.9 Å². The maximum absolute atomic E-state index is 6.00. The summed E-state index contributed by atoms with van der Waals surface area (Å²) in [6.07, 6.45) is 0. The number of nitrogens with two attached hydrogens (primary N) is 1. The van der Waals surface area contributed by atoms with E-state index in [2.05, 4.69) is 29.1 Å². The van der Waals surface area contributed by atoms with E-state index in [-0.39, 0.29) is 24.0 Å². The number of nitrogens with one attached hydrogen (secondary N) is 1. The van der Waals surface area contributed by atoms with Gasteiger partial charge in [-0.1, -0.05) is 32.0 Å². The van der Waals surface area contributed by atoms with Gasteiger partial charge in [0.05, 0.1) is 20.8 Å². The van der Waals surface area contributed by atoms with Gasteiger partial charge in [0, 0.05) is 13.1 Å². The Morgan fingerprint density at radius 3 is 2.23 bits per heavy atom. The molecule has 2 rings (SSSR count). The molecule has 0 atom stereocenters. The molecule has 7 nitrogen and oxygen atoms in total. The molecule has 2 aromatic carbocycles. The topological polar surface area (TPSA) is 81.3 Å². The van der Waals surface area contributed by atoms with Gasteiger partial charge in [0.2, 0.25) is 0 Å². The zero-order chi connectivity index (χ0) is 21.8. The van der Waals surface area contributed by atoms with Gasteiger partial charge in [-0.05, 0) is 48.5 Å². The maximum Gasteiger partial charge on any atom is 0.189 e. The zero-order valence-corrected chi connectivity index (χ0v) is 21.2. The Morgan fingerprint density at radius 2 is 1.61 bits per heavy atom. The Balaban J connectivity index is 0.00000480. The van der Waals surface area contributed by atoms with Gasteiger partial charge in [-0.2, -0.15) is 0 Å². The molecule has 0 aromatic heterocycles. The van der Waals surface area contributed by atoms with E-state index in [0.717, 1.165) is 36.5 Å². The normalized spacial score (nSPS) is 11.1. The van der Waals surface area contributed by atoms with Gasteiger partial charge in [0.15, 0.2) is 17.5 Å². The van der Waals surface area contributed by atoms with Crippen molar-refractivity contribution >= 4 is 29.9 Å². The first-order chi connectivity index (χ1) is 14.6. The summed E-state index contributed by atoms with van der Waals surface area (Å²) in [6.45, 7) is 9.08. The molecule has 0 aliphatic rings. The second kappa shape index (κ2) is 14.7. The highest BCUT2D eigenvalue weighted by Gasteiger charge is 2.04. The highest BCUT2D eigenvalue weighted by Crippen LogP contribution is 2.27. The molecule has 0 unspecified atom stereocenters. The van der Waals surface area contributed by atoms with Gasteiger partial charge < -0.3 is 30.2 Å². The largest absolute Gasteiger partial charge is 0.493 e. The fourth-order valence-corrected chi connectivity index (χ4v) is 2.94. The van der Waals surface area contributed by atoms with Crippen molar-refractivity contribution < 1.29 is 14.2 Å². The molecule has 0 saturated heterocycles. The highest BCUT2D eigenvalue weighted by molar-refractivity contribution is 14.0. The quantitative estimate of drug-likeness (QED) is 0.242. The average Bonchev–Trinajstić information content (AvgIpc) is 2.79. The third kappa shape index (κ3) is 9.22. The second-order valence-electron chi connectivity index (χ2n) is 6.76. The molecule has 0 spiro atoms. The summed E-state index contributed by atoms with van der Waals surface area (Å²) in [7, 11) is 3.23. The van der Waals surface area contributed by atoms with Gasteiger partial charge >= 0.3 is 0 Å². The van der Waals surface area contributed by atoms with Crippen LogP contribution in [0.1, 0.15) is 25.0 Å². The number of rotatable bonds is 12. The number of nitrogens with zero attached hydrogens (tertiary/aromatic N) is 2. The lowest BCUT2D eigenvalue weighted by Gasteiger charge is -2.18. The lowest BCUT2D eigenvalue weighted by molar-refractivity contribution is 0.223. The van der Waals surface area contributed by atoms with Gasteiger partial charge in [-0.15, -0.1) is 24.0 Å². The average molecular weight is 542 g/mol. The lowest BCUT2D eigenvalue weighted by atomic mass is 10.2. The zero-order valence-electron chi connectivity index (χ0n) is 18.9. The van der Waals surface area contributed by atoms with Crippen molar-refractivity contribution in [2.45, 2.75) is 26.9 Å². The summed E-state index contributed by atoms with van der Waals surface area (Å²) >= 11 is 0. The third-order valence-corrected chi connectivity index (χ3v) is 4.85. The first-order valence-electron chi connectivity index (χ1n) is 10.3. The van der Waals surface area contributed by atoms with Gasteiger partial charge in [0.25, 0.3) is 0 Å². The van der Waals surface area contributed by atoms with E-state index in [1.807, 2.05) is 42.5 Å². The predicted octanol–water partition coefficient (Wildman–Crippen LogP) is 3.65. The van der Waals surface area contributed by atoms with Crippen molar-refractivity contribution in [2.75, 3.05) is 40.5 Å². The number of halogens is 1. The number of methoxy groups -OCH3 is 2. The summed E-state index contributed by atoms with van der Waals surface area (Å²) < 4.78 is 16.4. The molecular weight excluding hydrogens is 507 g/mol. The standard InChI is InChI=1S/C23H34N4O3.HI/c1-5-27(6-2)13-14-30-20-10-7-18(8-11-20)16-25-23(24)26-17-19-9-12-21(28-3)22(15-19)29-4;/h7-12,15H,5-6,13-14,16-17H2,1-4H3,(H3,24,25,26);1H. The van der Waals surface area contributed by atoms with Crippen molar-refractivity contribution in [1.82, 2.24) is 10.2 Å². The van der Waals surface area contributed by atoms with E-state index in [1.165, 1.54) is 0 Å². The molecule has 0 aliphatic carbocycles. The van der Waals surface area contributed by atoms with E-state index in [9.17, 15) is 0 Å². The minimum atomic E-state index is 0. The van der Waals surface area contributed by atoms with Crippen LogP contribution in [0.25, 0.3) is 0 Å². The molecule has 0 heterocycles. The Labute approximate surface area is 203 Å². The van der Waals surface area contributed by atoms with Crippen molar-refractivity contribution in [3.05, 3.63) is 53.6 Å². The lowest BCUT2D eigenvalue weighted by Crippen LogP contribution is -2.31. The molecule has 0 radical (unpaired) electrons.